The molecule has 7 nitrogen and oxygen atoms in total. The number of aliphatic carboxylic acids is 1. The van der Waals surface area contributed by atoms with Gasteiger partial charge in [-0.25, -0.2) is 4.79 Å². The van der Waals surface area contributed by atoms with Gasteiger partial charge in [0, 0.05) is 11.8 Å². The second kappa shape index (κ2) is 6.01. The Balaban J connectivity index is 2.97. The number of benzene rings is 1. The number of para-hydroxylation sites is 1. The van der Waals surface area contributed by atoms with E-state index in [4.69, 9.17) is 5.11 Å². The van der Waals surface area contributed by atoms with Crippen molar-refractivity contribution in [3.05, 3.63) is 39.9 Å². The molecule has 1 aromatic carbocycles. The third kappa shape index (κ3) is 3.20. The molecule has 0 saturated heterocycles. The molecule has 0 radical (unpaired) electrons. The van der Waals surface area contributed by atoms with E-state index in [0.29, 0.717) is 0 Å². The zero-order chi connectivity index (χ0) is 13.7. The van der Waals surface area contributed by atoms with Gasteiger partial charge in [0.25, 0.3) is 11.6 Å². The standard InChI is InChI=1S/C10H10N2O5S/c13-9(11-7(5-18)10(14)15)6-3-1-2-4-8(6)12(16)17/h1-4,7,18H,5H2,(H,11,13)(H,14,15)/t7-/m0/s1. The van der Waals surface area contributed by atoms with E-state index in [0.717, 1.165) is 0 Å². The lowest BCUT2D eigenvalue weighted by molar-refractivity contribution is -0.385. The third-order valence-electron chi connectivity index (χ3n) is 2.13. The Kier molecular flexibility index (Phi) is 4.67. The highest BCUT2D eigenvalue weighted by molar-refractivity contribution is 7.80. The van der Waals surface area contributed by atoms with Crippen LogP contribution in [0.5, 0.6) is 0 Å². The van der Waals surface area contributed by atoms with Crippen LogP contribution < -0.4 is 5.32 Å². The number of rotatable bonds is 5. The van der Waals surface area contributed by atoms with E-state index >= 15 is 0 Å². The largest absolute Gasteiger partial charge is 0.480 e. The SMILES string of the molecule is O=C(N[C@@H](CS)C(=O)O)c1ccccc1[N+](=O)[O-]. The normalized spacial score (nSPS) is 11.6. The van der Waals surface area contributed by atoms with Crippen LogP contribution in [-0.4, -0.2) is 33.7 Å². The number of carbonyl (C=O) groups is 2. The molecule has 18 heavy (non-hydrogen) atoms. The molecule has 1 amide bonds. The maximum atomic E-state index is 11.7. The predicted octanol–water partition coefficient (Wildman–Crippen LogP) is 0.708. The first-order valence-electron chi connectivity index (χ1n) is 4.85. The minimum Gasteiger partial charge on any atom is -0.480 e. The Morgan fingerprint density at radius 2 is 2.06 bits per heavy atom. The Morgan fingerprint density at radius 3 is 2.56 bits per heavy atom. The molecule has 1 aromatic rings. The van der Waals surface area contributed by atoms with Crippen molar-refractivity contribution in [1.29, 1.82) is 0 Å². The van der Waals surface area contributed by atoms with Crippen LogP contribution in [0.15, 0.2) is 24.3 Å². The summed E-state index contributed by atoms with van der Waals surface area (Å²) in [4.78, 5) is 32.5. The molecular weight excluding hydrogens is 260 g/mol. The average Bonchev–Trinajstić information content (AvgIpc) is 2.35. The smallest absolute Gasteiger partial charge is 0.327 e. The molecule has 0 aliphatic heterocycles. The fraction of sp³-hybridized carbons (Fsp3) is 0.200. The summed E-state index contributed by atoms with van der Waals surface area (Å²) >= 11 is 3.78. The first-order valence-corrected chi connectivity index (χ1v) is 5.48. The molecule has 0 aliphatic carbocycles. The molecule has 8 heteroatoms. The molecular formula is C10H10N2O5S. The van der Waals surface area contributed by atoms with E-state index in [1.807, 2.05) is 0 Å². The quantitative estimate of drug-likeness (QED) is 0.414. The van der Waals surface area contributed by atoms with Crippen LogP contribution >= 0.6 is 12.6 Å². The number of thiol groups is 1. The molecule has 0 saturated carbocycles. The van der Waals surface area contributed by atoms with Crippen molar-refractivity contribution >= 4 is 30.2 Å². The van der Waals surface area contributed by atoms with Gasteiger partial charge in [0.1, 0.15) is 11.6 Å². The summed E-state index contributed by atoms with van der Waals surface area (Å²) in [6.45, 7) is 0. The maximum absolute atomic E-state index is 11.7. The van der Waals surface area contributed by atoms with E-state index in [1.165, 1.54) is 24.3 Å². The fourth-order valence-corrected chi connectivity index (χ4v) is 1.49. The molecule has 0 spiro atoms. The van der Waals surface area contributed by atoms with Gasteiger partial charge in [-0.2, -0.15) is 12.6 Å². The van der Waals surface area contributed by atoms with Gasteiger partial charge in [-0.3, -0.25) is 14.9 Å². The number of nitrogens with one attached hydrogen (secondary N) is 1. The topological polar surface area (TPSA) is 110 Å². The van der Waals surface area contributed by atoms with Crippen LogP contribution in [0, 0.1) is 10.1 Å². The molecule has 0 unspecified atom stereocenters. The number of carboxylic acids is 1. The van der Waals surface area contributed by atoms with E-state index in [1.54, 1.807) is 0 Å². The molecule has 0 bridgehead atoms. The lowest BCUT2D eigenvalue weighted by atomic mass is 10.1. The van der Waals surface area contributed by atoms with Crippen LogP contribution in [0.3, 0.4) is 0 Å². The van der Waals surface area contributed by atoms with Crippen molar-refractivity contribution in [2.75, 3.05) is 5.75 Å². The molecule has 1 rings (SSSR count). The van der Waals surface area contributed by atoms with Crippen molar-refractivity contribution < 1.29 is 19.6 Å². The summed E-state index contributed by atoms with van der Waals surface area (Å²) in [6.07, 6.45) is 0. The summed E-state index contributed by atoms with van der Waals surface area (Å²) in [5.41, 5.74) is -0.561. The van der Waals surface area contributed by atoms with Crippen LogP contribution in [0.25, 0.3) is 0 Å². The number of nitrogens with zero attached hydrogens (tertiary/aromatic N) is 1. The van der Waals surface area contributed by atoms with E-state index in [2.05, 4.69) is 17.9 Å². The summed E-state index contributed by atoms with van der Waals surface area (Å²) in [5, 5.41) is 21.6. The number of carbonyl (C=O) groups excluding carboxylic acids is 1. The maximum Gasteiger partial charge on any atom is 0.327 e. The lowest BCUT2D eigenvalue weighted by Gasteiger charge is -2.11. The number of nitro groups is 1. The van der Waals surface area contributed by atoms with Gasteiger partial charge in [0.15, 0.2) is 0 Å². The zero-order valence-corrected chi connectivity index (χ0v) is 9.96. The third-order valence-corrected chi connectivity index (χ3v) is 2.50. The van der Waals surface area contributed by atoms with Crippen LogP contribution in [0.4, 0.5) is 5.69 Å². The molecule has 1 atom stereocenters. The van der Waals surface area contributed by atoms with Crippen molar-refractivity contribution in [3.63, 3.8) is 0 Å². The molecule has 0 fully saturated rings. The number of hydrogen-bond donors (Lipinski definition) is 3. The van der Waals surface area contributed by atoms with Gasteiger partial charge >= 0.3 is 5.97 Å². The summed E-state index contributed by atoms with van der Waals surface area (Å²) < 4.78 is 0. The summed E-state index contributed by atoms with van der Waals surface area (Å²) in [5.74, 6) is -2.18. The van der Waals surface area contributed by atoms with Gasteiger partial charge < -0.3 is 10.4 Å². The Bertz CT molecular complexity index is 491. The van der Waals surface area contributed by atoms with Crippen LogP contribution in [0.1, 0.15) is 10.4 Å². The zero-order valence-electron chi connectivity index (χ0n) is 9.07. The van der Waals surface area contributed by atoms with Crippen LogP contribution in [0.2, 0.25) is 0 Å². The number of hydrogen-bond acceptors (Lipinski definition) is 5. The van der Waals surface area contributed by atoms with Gasteiger partial charge in [-0.15, -0.1) is 0 Å². The highest BCUT2D eigenvalue weighted by Crippen LogP contribution is 2.17. The fourth-order valence-electron chi connectivity index (χ4n) is 1.25. The monoisotopic (exact) mass is 270 g/mol. The highest BCUT2D eigenvalue weighted by atomic mass is 32.1. The molecule has 0 aliphatic rings. The first kappa shape index (κ1) is 14.0. The van der Waals surface area contributed by atoms with Crippen molar-refractivity contribution in [3.8, 4) is 0 Å². The van der Waals surface area contributed by atoms with E-state index in [-0.39, 0.29) is 17.0 Å². The lowest BCUT2D eigenvalue weighted by Crippen LogP contribution is -2.42. The van der Waals surface area contributed by atoms with Gasteiger partial charge in [0.05, 0.1) is 4.92 Å². The highest BCUT2D eigenvalue weighted by Gasteiger charge is 2.24. The second-order valence-electron chi connectivity index (χ2n) is 3.32. The molecule has 96 valence electrons. The van der Waals surface area contributed by atoms with Gasteiger partial charge in [-0.05, 0) is 6.07 Å². The minimum atomic E-state index is -1.25. The molecule has 0 heterocycles. The molecule has 2 N–H and O–H groups in total. The van der Waals surface area contributed by atoms with E-state index in [9.17, 15) is 19.7 Å². The number of nitro benzene ring substituents is 1. The molecule has 0 aromatic heterocycles. The first-order chi connectivity index (χ1) is 8.47. The minimum absolute atomic E-state index is 0.109. The Labute approximate surface area is 107 Å². The number of amides is 1. The second-order valence-corrected chi connectivity index (χ2v) is 3.69. The average molecular weight is 270 g/mol. The van der Waals surface area contributed by atoms with Crippen molar-refractivity contribution in [1.82, 2.24) is 5.32 Å². The van der Waals surface area contributed by atoms with Gasteiger partial charge in [0.2, 0.25) is 0 Å². The van der Waals surface area contributed by atoms with Gasteiger partial charge in [-0.1, -0.05) is 12.1 Å². The van der Waals surface area contributed by atoms with Crippen molar-refractivity contribution in [2.24, 2.45) is 0 Å². The Morgan fingerprint density at radius 1 is 1.44 bits per heavy atom. The van der Waals surface area contributed by atoms with Crippen LogP contribution in [-0.2, 0) is 4.79 Å². The summed E-state index contributed by atoms with van der Waals surface area (Å²) in [7, 11) is 0. The summed E-state index contributed by atoms with van der Waals surface area (Å²) in [6, 6.07) is 4.11. The number of carboxylic acid groups (broad SMARTS) is 1. The van der Waals surface area contributed by atoms with E-state index < -0.39 is 22.8 Å². The Hall–Kier alpha value is -2.09. The van der Waals surface area contributed by atoms with Crippen molar-refractivity contribution in [2.45, 2.75) is 6.04 Å². The predicted molar refractivity (Wildman–Crippen MR) is 65.8 cm³/mol.